The molecule has 0 radical (unpaired) electrons. The van der Waals surface area contributed by atoms with E-state index >= 15 is 0 Å². The van der Waals surface area contributed by atoms with Crippen molar-refractivity contribution in [3.8, 4) is 5.75 Å². The van der Waals surface area contributed by atoms with Gasteiger partial charge in [-0.15, -0.1) is 0 Å². The highest BCUT2D eigenvalue weighted by Gasteiger charge is 2.09. The van der Waals surface area contributed by atoms with Gasteiger partial charge in [0.2, 0.25) is 0 Å². The zero-order valence-corrected chi connectivity index (χ0v) is 16.0. The average molecular weight is 371 g/mol. The topological polar surface area (TPSA) is 71.0 Å². The first-order chi connectivity index (χ1) is 13.1. The third-order valence-corrected chi connectivity index (χ3v) is 4.16. The number of hydrogen-bond acceptors (Lipinski definition) is 5. The largest absolute Gasteiger partial charge is 0.494 e. The Morgan fingerprint density at radius 2 is 1.81 bits per heavy atom. The number of nitrogens with one attached hydrogen (secondary N) is 1. The van der Waals surface area contributed by atoms with Crippen molar-refractivity contribution >= 4 is 7.05 Å². The molecule has 0 saturated carbocycles. The van der Waals surface area contributed by atoms with E-state index in [0.717, 1.165) is 24.2 Å². The normalized spacial score (nSPS) is 12.0. The Labute approximate surface area is 162 Å². The minimum absolute atomic E-state index is 0.535. The van der Waals surface area contributed by atoms with Crippen LogP contribution in [0.15, 0.2) is 54.6 Å². The van der Waals surface area contributed by atoms with Crippen LogP contribution >= 0.6 is 0 Å². The molecule has 1 unspecified atom stereocenters. The van der Waals surface area contributed by atoms with E-state index in [1.54, 1.807) is 6.82 Å². The number of benzene rings is 2. The zero-order valence-electron chi connectivity index (χ0n) is 16.0. The number of aliphatic hydroxyl groups excluding tert-OH is 1. The van der Waals surface area contributed by atoms with Crippen molar-refractivity contribution in [1.82, 2.24) is 5.23 Å². The van der Waals surface area contributed by atoms with Crippen LogP contribution in [0.3, 0.4) is 0 Å². The molecule has 2 rings (SSSR count). The highest BCUT2D eigenvalue weighted by Crippen LogP contribution is 2.21. The summed E-state index contributed by atoms with van der Waals surface area (Å²) in [6.45, 7) is 4.19. The van der Waals surface area contributed by atoms with Crippen molar-refractivity contribution in [3.63, 3.8) is 0 Å². The molecule has 0 heterocycles. The summed E-state index contributed by atoms with van der Waals surface area (Å²) in [6, 6.07) is 17.7. The van der Waals surface area contributed by atoms with E-state index in [9.17, 15) is 10.1 Å². The van der Waals surface area contributed by atoms with Crippen molar-refractivity contribution in [2.45, 2.75) is 38.8 Å². The van der Waals surface area contributed by atoms with Gasteiger partial charge >= 0.3 is 7.05 Å². The predicted molar refractivity (Wildman–Crippen MR) is 109 cm³/mol. The molecule has 0 saturated heterocycles. The maximum Gasteiger partial charge on any atom is 0.373 e. The van der Waals surface area contributed by atoms with Gasteiger partial charge in [-0.2, -0.15) is 0 Å². The zero-order chi connectivity index (χ0) is 19.3. The van der Waals surface area contributed by atoms with Crippen molar-refractivity contribution in [3.05, 3.63) is 65.7 Å². The molecule has 0 aliphatic rings. The van der Waals surface area contributed by atoms with Crippen LogP contribution in [0.5, 0.6) is 5.75 Å². The lowest BCUT2D eigenvalue weighted by molar-refractivity contribution is 0.113. The molecule has 2 aromatic carbocycles. The lowest BCUT2D eigenvalue weighted by Gasteiger charge is -2.14. The molecule has 146 valence electrons. The second kappa shape index (κ2) is 12.5. The molecule has 6 heteroatoms. The van der Waals surface area contributed by atoms with Crippen LogP contribution in [0.1, 0.15) is 36.5 Å². The fourth-order valence-electron chi connectivity index (χ4n) is 2.67. The molecule has 3 N–H and O–H groups in total. The number of aliphatic hydroxyl groups is 1. The summed E-state index contributed by atoms with van der Waals surface area (Å²) in [6.07, 6.45) is 1.82. The minimum atomic E-state index is -0.578. The Morgan fingerprint density at radius 3 is 2.59 bits per heavy atom. The van der Waals surface area contributed by atoms with Crippen molar-refractivity contribution in [2.75, 3.05) is 19.8 Å². The summed E-state index contributed by atoms with van der Waals surface area (Å²) in [5.41, 5.74) is 2.01. The second-order valence-electron chi connectivity index (χ2n) is 6.60. The molecule has 1 atom stereocenters. The van der Waals surface area contributed by atoms with Crippen LogP contribution in [0.4, 0.5) is 0 Å². The van der Waals surface area contributed by atoms with E-state index < -0.39 is 13.2 Å². The third kappa shape index (κ3) is 9.06. The van der Waals surface area contributed by atoms with Gasteiger partial charge in [-0.1, -0.05) is 42.5 Å². The second-order valence-corrected chi connectivity index (χ2v) is 6.60. The quantitative estimate of drug-likeness (QED) is 0.373. The molecule has 0 fully saturated rings. The summed E-state index contributed by atoms with van der Waals surface area (Å²) in [5.74, 6) is 0.764. The maximum atomic E-state index is 10.2. The van der Waals surface area contributed by atoms with Crippen LogP contribution in [0.2, 0.25) is 6.82 Å². The van der Waals surface area contributed by atoms with Gasteiger partial charge in [0.05, 0.1) is 19.3 Å². The molecule has 0 spiro atoms. The molecular formula is C21H30BNO4. The molecular weight excluding hydrogens is 341 g/mol. The Bertz CT molecular complexity index is 639. The minimum Gasteiger partial charge on any atom is -0.494 e. The SMILES string of the molecule is CB(O)NCCC(O)c1cccc(OCCCCOCc2ccccc2)c1. The molecule has 0 aliphatic carbocycles. The predicted octanol–water partition coefficient (Wildman–Crippen LogP) is 3.19. The number of ether oxygens (including phenoxy) is 2. The lowest BCUT2D eigenvalue weighted by atomic mass is 9.88. The van der Waals surface area contributed by atoms with E-state index in [1.807, 2.05) is 42.5 Å². The molecule has 0 bridgehead atoms. The Balaban J connectivity index is 1.60. The van der Waals surface area contributed by atoms with Crippen molar-refractivity contribution in [1.29, 1.82) is 0 Å². The number of rotatable bonds is 13. The molecule has 0 amide bonds. The van der Waals surface area contributed by atoms with E-state index in [0.29, 0.717) is 32.8 Å². The van der Waals surface area contributed by atoms with Crippen molar-refractivity contribution in [2.24, 2.45) is 0 Å². The number of unbranched alkanes of at least 4 members (excludes halogenated alkanes) is 1. The van der Waals surface area contributed by atoms with E-state index in [-0.39, 0.29) is 0 Å². The molecule has 0 aliphatic heterocycles. The third-order valence-electron chi connectivity index (χ3n) is 4.16. The summed E-state index contributed by atoms with van der Waals surface area (Å²) >= 11 is 0. The number of hydrogen-bond donors (Lipinski definition) is 3. The van der Waals surface area contributed by atoms with E-state index in [4.69, 9.17) is 9.47 Å². The van der Waals surface area contributed by atoms with Crippen LogP contribution in [0.25, 0.3) is 0 Å². The smallest absolute Gasteiger partial charge is 0.373 e. The lowest BCUT2D eigenvalue weighted by Crippen LogP contribution is -2.31. The Kier molecular flexibility index (Phi) is 9.94. The van der Waals surface area contributed by atoms with Gasteiger partial charge in [0.25, 0.3) is 0 Å². The highest BCUT2D eigenvalue weighted by molar-refractivity contribution is 6.45. The van der Waals surface area contributed by atoms with E-state index in [1.165, 1.54) is 5.56 Å². The van der Waals surface area contributed by atoms with Gasteiger partial charge in [-0.25, -0.2) is 0 Å². The summed E-state index contributed by atoms with van der Waals surface area (Å²) in [7, 11) is -0.566. The Hall–Kier alpha value is -1.86. The van der Waals surface area contributed by atoms with Gasteiger partial charge in [0.15, 0.2) is 0 Å². The Morgan fingerprint density at radius 1 is 1.04 bits per heavy atom. The molecule has 0 aromatic heterocycles. The monoisotopic (exact) mass is 371 g/mol. The van der Waals surface area contributed by atoms with Gasteiger partial charge in [0, 0.05) is 6.61 Å². The fraction of sp³-hybridized carbons (Fsp3) is 0.429. The van der Waals surface area contributed by atoms with Crippen molar-refractivity contribution < 1.29 is 19.6 Å². The van der Waals surface area contributed by atoms with Gasteiger partial charge in [-0.3, -0.25) is 0 Å². The van der Waals surface area contributed by atoms with Crippen LogP contribution in [-0.4, -0.2) is 36.9 Å². The summed E-state index contributed by atoms with van der Waals surface area (Å²) in [4.78, 5) is 0. The average Bonchev–Trinajstić information content (AvgIpc) is 2.68. The maximum absolute atomic E-state index is 10.2. The summed E-state index contributed by atoms with van der Waals surface area (Å²) in [5, 5.41) is 22.3. The van der Waals surface area contributed by atoms with Crippen LogP contribution < -0.4 is 9.96 Å². The molecule has 5 nitrogen and oxygen atoms in total. The first kappa shape index (κ1) is 21.4. The summed E-state index contributed by atoms with van der Waals surface area (Å²) < 4.78 is 11.4. The fourth-order valence-corrected chi connectivity index (χ4v) is 2.67. The van der Waals surface area contributed by atoms with Gasteiger partial charge < -0.3 is 24.8 Å². The first-order valence-electron chi connectivity index (χ1n) is 9.59. The van der Waals surface area contributed by atoms with Crippen LogP contribution in [-0.2, 0) is 11.3 Å². The first-order valence-corrected chi connectivity index (χ1v) is 9.59. The molecule has 2 aromatic rings. The van der Waals surface area contributed by atoms with Crippen LogP contribution in [0, 0.1) is 0 Å². The highest BCUT2D eigenvalue weighted by atomic mass is 16.5. The van der Waals surface area contributed by atoms with Gasteiger partial charge in [-0.05, 0) is 55.9 Å². The van der Waals surface area contributed by atoms with Gasteiger partial charge in [0.1, 0.15) is 5.75 Å². The molecule has 27 heavy (non-hydrogen) atoms. The van der Waals surface area contributed by atoms with E-state index in [2.05, 4.69) is 17.4 Å². The standard InChI is InChI=1S/C21H30BNO4/c1-22(25)23-13-12-21(24)19-10-7-11-20(16-19)27-15-6-5-14-26-17-18-8-3-2-4-9-18/h2-4,7-11,16,21,23-25H,5-6,12-15,17H2,1H3.